The molecule has 1 aromatic heterocycles. The number of guanidine groups is 1. The molecule has 0 saturated carbocycles. The van der Waals surface area contributed by atoms with Crippen LogP contribution in [-0.4, -0.2) is 54.7 Å². The van der Waals surface area contributed by atoms with E-state index in [1.54, 1.807) is 16.7 Å². The lowest BCUT2D eigenvalue weighted by atomic mass is 10.1. The Morgan fingerprint density at radius 2 is 1.96 bits per heavy atom. The van der Waals surface area contributed by atoms with Crippen molar-refractivity contribution in [2.75, 3.05) is 39.3 Å². The summed E-state index contributed by atoms with van der Waals surface area (Å²) in [5.41, 5.74) is 0.0683. The van der Waals surface area contributed by atoms with E-state index in [1.807, 2.05) is 12.3 Å². The molecular weight excluding hydrogens is 314 g/mol. The van der Waals surface area contributed by atoms with Crippen molar-refractivity contribution in [3.05, 3.63) is 34.7 Å². The Morgan fingerprint density at radius 1 is 1.12 bits per heavy atom. The highest BCUT2D eigenvalue weighted by Gasteiger charge is 2.09. The quantitative estimate of drug-likeness (QED) is 0.405. The number of unbranched alkanes of at least 4 members (excludes halogenated alkanes) is 1. The van der Waals surface area contributed by atoms with E-state index in [1.165, 1.54) is 32.4 Å². The van der Waals surface area contributed by atoms with Crippen LogP contribution in [-0.2, 0) is 6.54 Å². The van der Waals surface area contributed by atoms with Crippen LogP contribution in [0.15, 0.2) is 34.2 Å². The number of piperidine rings is 1. The average molecular weight is 348 g/mol. The molecular formula is C19H33N5O. The first-order valence-electron chi connectivity index (χ1n) is 9.69. The highest BCUT2D eigenvalue weighted by atomic mass is 16.1. The summed E-state index contributed by atoms with van der Waals surface area (Å²) < 4.78 is 1.76. The third-order valence-corrected chi connectivity index (χ3v) is 4.49. The molecule has 1 fully saturated rings. The molecule has 1 aromatic rings. The number of aryl methyl sites for hydroxylation is 1. The van der Waals surface area contributed by atoms with E-state index in [2.05, 4.69) is 27.4 Å². The first-order valence-corrected chi connectivity index (χ1v) is 9.69. The molecule has 0 spiro atoms. The summed E-state index contributed by atoms with van der Waals surface area (Å²) in [6.07, 6.45) is 7.82. The summed E-state index contributed by atoms with van der Waals surface area (Å²) in [5.74, 6) is 0.899. The minimum Gasteiger partial charge on any atom is -0.357 e. The number of aliphatic imine (C=N–C) groups is 1. The topological polar surface area (TPSA) is 61.7 Å². The van der Waals surface area contributed by atoms with Crippen molar-refractivity contribution in [2.24, 2.45) is 4.99 Å². The number of aromatic nitrogens is 1. The normalized spacial score (nSPS) is 16.0. The van der Waals surface area contributed by atoms with Gasteiger partial charge in [0.2, 0.25) is 5.56 Å². The molecule has 2 heterocycles. The zero-order chi connectivity index (χ0) is 17.7. The Morgan fingerprint density at radius 3 is 2.72 bits per heavy atom. The van der Waals surface area contributed by atoms with E-state index in [9.17, 15) is 4.79 Å². The van der Waals surface area contributed by atoms with Gasteiger partial charge in [0.1, 0.15) is 0 Å². The Labute approximate surface area is 151 Å². The van der Waals surface area contributed by atoms with Gasteiger partial charge in [0, 0.05) is 45.0 Å². The van der Waals surface area contributed by atoms with Crippen molar-refractivity contribution in [2.45, 2.75) is 45.6 Å². The maximum absolute atomic E-state index is 11.6. The van der Waals surface area contributed by atoms with Crippen molar-refractivity contribution in [1.29, 1.82) is 0 Å². The maximum Gasteiger partial charge on any atom is 0.250 e. The molecule has 1 aliphatic rings. The molecule has 0 unspecified atom stereocenters. The van der Waals surface area contributed by atoms with Crippen molar-refractivity contribution in [3.63, 3.8) is 0 Å². The summed E-state index contributed by atoms with van der Waals surface area (Å²) in [7, 11) is 0. The van der Waals surface area contributed by atoms with Gasteiger partial charge in [-0.15, -0.1) is 0 Å². The number of hydrogen-bond acceptors (Lipinski definition) is 3. The molecule has 0 aromatic carbocycles. The Bertz CT molecular complexity index is 563. The number of nitrogens with one attached hydrogen (secondary N) is 2. The van der Waals surface area contributed by atoms with Crippen molar-refractivity contribution in [1.82, 2.24) is 20.1 Å². The van der Waals surface area contributed by atoms with Gasteiger partial charge in [-0.3, -0.25) is 9.79 Å². The van der Waals surface area contributed by atoms with Gasteiger partial charge in [0.15, 0.2) is 5.96 Å². The second-order valence-corrected chi connectivity index (χ2v) is 6.53. The number of rotatable bonds is 9. The van der Waals surface area contributed by atoms with Crippen LogP contribution in [0.1, 0.15) is 39.0 Å². The molecule has 0 radical (unpaired) electrons. The van der Waals surface area contributed by atoms with E-state index < -0.39 is 0 Å². The molecule has 1 aliphatic heterocycles. The predicted molar refractivity (Wildman–Crippen MR) is 104 cm³/mol. The van der Waals surface area contributed by atoms with E-state index in [4.69, 9.17) is 0 Å². The van der Waals surface area contributed by atoms with Gasteiger partial charge in [0.25, 0.3) is 0 Å². The average Bonchev–Trinajstić information content (AvgIpc) is 2.64. The zero-order valence-corrected chi connectivity index (χ0v) is 15.5. The largest absolute Gasteiger partial charge is 0.357 e. The molecule has 0 amide bonds. The van der Waals surface area contributed by atoms with E-state index >= 15 is 0 Å². The first kappa shape index (κ1) is 19.5. The van der Waals surface area contributed by atoms with Gasteiger partial charge in [-0.25, -0.2) is 0 Å². The summed E-state index contributed by atoms with van der Waals surface area (Å²) in [4.78, 5) is 18.8. The molecule has 6 nitrogen and oxygen atoms in total. The minimum atomic E-state index is 0.0683. The summed E-state index contributed by atoms with van der Waals surface area (Å²) in [6, 6.07) is 5.28. The lowest BCUT2D eigenvalue weighted by molar-refractivity contribution is 0.232. The maximum atomic E-state index is 11.6. The van der Waals surface area contributed by atoms with Crippen molar-refractivity contribution in [3.8, 4) is 0 Å². The summed E-state index contributed by atoms with van der Waals surface area (Å²) in [5, 5.41) is 6.73. The first-order chi connectivity index (χ1) is 12.3. The van der Waals surface area contributed by atoms with Crippen molar-refractivity contribution < 1.29 is 0 Å². The van der Waals surface area contributed by atoms with Gasteiger partial charge < -0.3 is 20.1 Å². The van der Waals surface area contributed by atoms with E-state index in [0.29, 0.717) is 0 Å². The van der Waals surface area contributed by atoms with Crippen LogP contribution in [0.5, 0.6) is 0 Å². The van der Waals surface area contributed by atoms with Crippen LogP contribution < -0.4 is 16.2 Å². The van der Waals surface area contributed by atoms with Gasteiger partial charge >= 0.3 is 0 Å². The molecule has 1 saturated heterocycles. The standard InChI is InChI=1S/C19H33N5O/c1-2-20-19(22-12-17-23-13-6-3-7-14-23)21-11-5-9-16-24-15-8-4-10-18(24)25/h4,8,10,15H,2-3,5-7,9,11-14,16-17H2,1H3,(H2,20,21,22). The summed E-state index contributed by atoms with van der Waals surface area (Å²) >= 11 is 0. The molecule has 0 bridgehead atoms. The van der Waals surface area contributed by atoms with E-state index in [0.717, 1.165) is 51.5 Å². The SMILES string of the molecule is CCNC(=NCCCCn1ccccc1=O)NCCN1CCCCC1. The van der Waals surface area contributed by atoms with Crippen LogP contribution in [0, 0.1) is 0 Å². The Balaban J connectivity index is 1.64. The minimum absolute atomic E-state index is 0.0683. The van der Waals surface area contributed by atoms with Crippen LogP contribution in [0.25, 0.3) is 0 Å². The third kappa shape index (κ3) is 7.73. The smallest absolute Gasteiger partial charge is 0.250 e. The second kappa shape index (κ2) is 11.7. The fourth-order valence-corrected chi connectivity index (χ4v) is 3.09. The fraction of sp³-hybridized carbons (Fsp3) is 0.684. The zero-order valence-electron chi connectivity index (χ0n) is 15.5. The number of likely N-dealkylation sites (tertiary alicyclic amines) is 1. The van der Waals surface area contributed by atoms with Crippen molar-refractivity contribution >= 4 is 5.96 Å². The van der Waals surface area contributed by atoms with E-state index in [-0.39, 0.29) is 5.56 Å². The summed E-state index contributed by atoms with van der Waals surface area (Å²) in [6.45, 7) is 8.97. The van der Waals surface area contributed by atoms with Gasteiger partial charge in [0.05, 0.1) is 0 Å². The molecule has 0 atom stereocenters. The van der Waals surface area contributed by atoms with Gasteiger partial charge in [-0.2, -0.15) is 0 Å². The fourth-order valence-electron chi connectivity index (χ4n) is 3.09. The van der Waals surface area contributed by atoms with Crippen LogP contribution in [0.3, 0.4) is 0 Å². The Kier molecular flexibility index (Phi) is 9.12. The molecule has 2 rings (SSSR count). The Hall–Kier alpha value is -1.82. The number of nitrogens with zero attached hydrogens (tertiary/aromatic N) is 3. The monoisotopic (exact) mass is 347 g/mol. The number of pyridine rings is 1. The van der Waals surface area contributed by atoms with Gasteiger partial charge in [-0.05, 0) is 51.8 Å². The molecule has 6 heteroatoms. The lowest BCUT2D eigenvalue weighted by Crippen LogP contribution is -2.42. The molecule has 140 valence electrons. The highest BCUT2D eigenvalue weighted by Crippen LogP contribution is 2.07. The molecule has 0 aliphatic carbocycles. The van der Waals surface area contributed by atoms with Crippen LogP contribution in [0.4, 0.5) is 0 Å². The highest BCUT2D eigenvalue weighted by molar-refractivity contribution is 5.79. The number of hydrogen-bond donors (Lipinski definition) is 2. The molecule has 25 heavy (non-hydrogen) atoms. The van der Waals surface area contributed by atoms with Crippen LogP contribution in [0.2, 0.25) is 0 Å². The predicted octanol–water partition coefficient (Wildman–Crippen LogP) is 1.67. The van der Waals surface area contributed by atoms with Gasteiger partial charge in [-0.1, -0.05) is 12.5 Å². The molecule has 2 N–H and O–H groups in total. The lowest BCUT2D eigenvalue weighted by Gasteiger charge is -2.26. The third-order valence-electron chi connectivity index (χ3n) is 4.49. The van der Waals surface area contributed by atoms with Crippen LogP contribution >= 0.6 is 0 Å². The second-order valence-electron chi connectivity index (χ2n) is 6.53.